The molecule has 2 amide bonds. The van der Waals surface area contributed by atoms with Crippen molar-refractivity contribution in [3.8, 4) is 16.9 Å². The van der Waals surface area contributed by atoms with Crippen LogP contribution in [0.3, 0.4) is 0 Å². The van der Waals surface area contributed by atoms with Crippen LogP contribution in [0, 0.1) is 0 Å². The highest BCUT2D eigenvalue weighted by Crippen LogP contribution is 2.39. The number of fused-ring (bicyclic) bond motifs is 2. The fourth-order valence-electron chi connectivity index (χ4n) is 4.91. The van der Waals surface area contributed by atoms with Crippen molar-refractivity contribution in [3.63, 3.8) is 0 Å². The van der Waals surface area contributed by atoms with Gasteiger partial charge in [-0.3, -0.25) is 9.59 Å². The molecular weight excluding hydrogens is 426 g/mol. The lowest BCUT2D eigenvalue weighted by Gasteiger charge is -2.41. The van der Waals surface area contributed by atoms with E-state index in [-0.39, 0.29) is 24.5 Å². The second-order valence-corrected chi connectivity index (χ2v) is 8.95. The van der Waals surface area contributed by atoms with E-state index < -0.39 is 0 Å². The molecule has 5 rings (SSSR count). The number of benzene rings is 3. The van der Waals surface area contributed by atoms with Gasteiger partial charge in [-0.25, -0.2) is 0 Å². The quantitative estimate of drug-likeness (QED) is 0.609. The first kappa shape index (κ1) is 22.0. The molecule has 0 saturated carbocycles. The summed E-state index contributed by atoms with van der Waals surface area (Å²) in [6.07, 6.45) is 2.17. The maximum absolute atomic E-state index is 13.3. The lowest BCUT2D eigenvalue weighted by Crippen LogP contribution is -2.52. The van der Waals surface area contributed by atoms with Gasteiger partial charge in [-0.1, -0.05) is 30.3 Å². The molecule has 1 atom stereocenters. The second kappa shape index (κ2) is 9.21. The molecule has 1 N–H and O–H groups in total. The van der Waals surface area contributed by atoms with E-state index in [0.29, 0.717) is 12.3 Å². The molecule has 174 valence electrons. The zero-order chi connectivity index (χ0) is 23.7. The number of para-hydroxylation sites is 1. The third-order valence-corrected chi connectivity index (χ3v) is 6.54. The van der Waals surface area contributed by atoms with E-state index in [0.717, 1.165) is 41.9 Å². The Hall–Kier alpha value is -3.80. The van der Waals surface area contributed by atoms with E-state index in [1.165, 1.54) is 11.3 Å². The molecular formula is C28H29N3O3. The molecule has 3 aromatic rings. The predicted octanol–water partition coefficient (Wildman–Crippen LogP) is 4.88. The van der Waals surface area contributed by atoms with Gasteiger partial charge >= 0.3 is 0 Å². The molecule has 2 aliphatic heterocycles. The van der Waals surface area contributed by atoms with Gasteiger partial charge in [0.2, 0.25) is 5.91 Å². The third-order valence-electron chi connectivity index (χ3n) is 6.54. The highest BCUT2D eigenvalue weighted by Gasteiger charge is 2.34. The first-order valence-corrected chi connectivity index (χ1v) is 11.8. The molecule has 0 spiro atoms. The van der Waals surface area contributed by atoms with Gasteiger partial charge in [0.05, 0.1) is 17.4 Å². The van der Waals surface area contributed by atoms with Gasteiger partial charge in [-0.05, 0) is 72.9 Å². The van der Waals surface area contributed by atoms with Gasteiger partial charge in [0.25, 0.3) is 5.91 Å². The van der Waals surface area contributed by atoms with Crippen LogP contribution in [0.1, 0.15) is 25.8 Å². The number of carbonyl (C=O) groups excluding carboxylic acids is 2. The molecule has 0 saturated heterocycles. The van der Waals surface area contributed by atoms with E-state index in [1.54, 1.807) is 16.7 Å². The molecule has 0 bridgehead atoms. The van der Waals surface area contributed by atoms with Crippen LogP contribution in [-0.4, -0.2) is 37.6 Å². The molecule has 34 heavy (non-hydrogen) atoms. The van der Waals surface area contributed by atoms with Crippen molar-refractivity contribution in [2.24, 2.45) is 0 Å². The molecule has 2 aliphatic rings. The lowest BCUT2D eigenvalue weighted by atomic mass is 9.96. The summed E-state index contributed by atoms with van der Waals surface area (Å²) < 4.78 is 5.74. The van der Waals surface area contributed by atoms with Crippen molar-refractivity contribution in [1.82, 2.24) is 0 Å². The summed E-state index contributed by atoms with van der Waals surface area (Å²) in [6.45, 7) is 4.90. The van der Waals surface area contributed by atoms with E-state index >= 15 is 0 Å². The summed E-state index contributed by atoms with van der Waals surface area (Å²) in [4.78, 5) is 29.3. The monoisotopic (exact) mass is 455 g/mol. The first-order chi connectivity index (χ1) is 16.5. The summed E-state index contributed by atoms with van der Waals surface area (Å²) in [5, 5.41) is 3.45. The van der Waals surface area contributed by atoms with Gasteiger partial charge in [0, 0.05) is 25.7 Å². The summed E-state index contributed by atoms with van der Waals surface area (Å²) in [5.74, 6) is 0.490. The van der Waals surface area contributed by atoms with Crippen molar-refractivity contribution in [2.45, 2.75) is 32.7 Å². The van der Waals surface area contributed by atoms with E-state index in [1.807, 2.05) is 55.5 Å². The number of hydrogen-bond donors (Lipinski definition) is 1. The smallest absolute Gasteiger partial charge is 0.265 e. The van der Waals surface area contributed by atoms with Crippen molar-refractivity contribution in [3.05, 3.63) is 72.3 Å². The fraction of sp³-hybridized carbons (Fsp3) is 0.286. The maximum Gasteiger partial charge on any atom is 0.265 e. The van der Waals surface area contributed by atoms with E-state index in [4.69, 9.17) is 4.74 Å². The molecule has 0 unspecified atom stereocenters. The van der Waals surface area contributed by atoms with E-state index in [2.05, 4.69) is 23.5 Å². The van der Waals surface area contributed by atoms with Crippen molar-refractivity contribution in [1.29, 1.82) is 0 Å². The normalized spacial score (nSPS) is 16.8. The number of aryl methyl sites for hydroxylation is 1. The molecule has 0 aliphatic carbocycles. The molecule has 6 heteroatoms. The van der Waals surface area contributed by atoms with Crippen molar-refractivity contribution < 1.29 is 14.3 Å². The SMILES string of the molecule is CC(=O)N1c2ccc(-c3ccc4c(c3)CCCN4)cc2N(C(=O)COc2ccccc2)C[C@@H]1C. The molecule has 0 aromatic heterocycles. The highest BCUT2D eigenvalue weighted by molar-refractivity contribution is 6.05. The van der Waals surface area contributed by atoms with Crippen LogP contribution in [0.5, 0.6) is 5.75 Å². The van der Waals surface area contributed by atoms with Crippen LogP contribution >= 0.6 is 0 Å². The summed E-state index contributed by atoms with van der Waals surface area (Å²) in [6, 6.07) is 21.7. The second-order valence-electron chi connectivity index (χ2n) is 8.95. The Morgan fingerprint density at radius 2 is 1.76 bits per heavy atom. The average molecular weight is 456 g/mol. The summed E-state index contributed by atoms with van der Waals surface area (Å²) in [5.41, 5.74) is 6.12. The van der Waals surface area contributed by atoms with Crippen LogP contribution in [-0.2, 0) is 16.0 Å². The largest absolute Gasteiger partial charge is 0.484 e. The Kier molecular flexibility index (Phi) is 5.97. The van der Waals surface area contributed by atoms with Crippen molar-refractivity contribution >= 4 is 28.9 Å². The number of ether oxygens (including phenoxy) is 1. The minimum Gasteiger partial charge on any atom is -0.484 e. The van der Waals surface area contributed by atoms with Crippen LogP contribution in [0.2, 0.25) is 0 Å². The van der Waals surface area contributed by atoms with Gasteiger partial charge in [-0.2, -0.15) is 0 Å². The average Bonchev–Trinajstić information content (AvgIpc) is 2.86. The van der Waals surface area contributed by atoms with Gasteiger partial charge in [-0.15, -0.1) is 0 Å². The number of nitrogens with one attached hydrogen (secondary N) is 1. The Labute approximate surface area is 200 Å². The number of rotatable bonds is 4. The van der Waals surface area contributed by atoms with Crippen LogP contribution in [0.25, 0.3) is 11.1 Å². The van der Waals surface area contributed by atoms with E-state index in [9.17, 15) is 9.59 Å². The Morgan fingerprint density at radius 3 is 2.56 bits per heavy atom. The Bertz CT molecular complexity index is 1220. The minimum absolute atomic E-state index is 0.0333. The zero-order valence-electron chi connectivity index (χ0n) is 19.6. The Morgan fingerprint density at radius 1 is 1.00 bits per heavy atom. The number of hydrogen-bond acceptors (Lipinski definition) is 4. The van der Waals surface area contributed by atoms with Crippen LogP contribution in [0.4, 0.5) is 17.1 Å². The number of amides is 2. The summed E-state index contributed by atoms with van der Waals surface area (Å²) >= 11 is 0. The zero-order valence-corrected chi connectivity index (χ0v) is 19.6. The molecule has 0 fully saturated rings. The fourth-order valence-corrected chi connectivity index (χ4v) is 4.91. The molecule has 6 nitrogen and oxygen atoms in total. The van der Waals surface area contributed by atoms with Crippen LogP contribution in [0.15, 0.2) is 66.7 Å². The van der Waals surface area contributed by atoms with Gasteiger partial charge < -0.3 is 19.9 Å². The van der Waals surface area contributed by atoms with Crippen LogP contribution < -0.4 is 19.9 Å². The molecule has 3 aromatic carbocycles. The summed E-state index contributed by atoms with van der Waals surface area (Å²) in [7, 11) is 0. The minimum atomic E-state index is -0.133. The standard InChI is InChI=1S/C28H29N3O3/c1-19-17-30(28(33)18-34-24-8-4-3-5-9-24)27-16-22(11-13-26(27)31(19)20(2)32)21-10-12-25-23(15-21)7-6-14-29-25/h3-5,8-13,15-16,19,29H,6-7,14,17-18H2,1-2H3/t19-/m0/s1. The lowest BCUT2D eigenvalue weighted by molar-refractivity contribution is -0.121. The number of anilines is 3. The van der Waals surface area contributed by atoms with Crippen molar-refractivity contribution in [2.75, 3.05) is 34.8 Å². The van der Waals surface area contributed by atoms with Gasteiger partial charge in [0.1, 0.15) is 5.75 Å². The highest BCUT2D eigenvalue weighted by atomic mass is 16.5. The van der Waals surface area contributed by atoms with Gasteiger partial charge in [0.15, 0.2) is 6.61 Å². The third kappa shape index (κ3) is 4.23. The first-order valence-electron chi connectivity index (χ1n) is 11.8. The topological polar surface area (TPSA) is 61.9 Å². The number of carbonyl (C=O) groups is 2. The Balaban J connectivity index is 1.49. The molecule has 0 radical (unpaired) electrons. The predicted molar refractivity (Wildman–Crippen MR) is 136 cm³/mol. The maximum atomic E-state index is 13.3. The number of nitrogens with zero attached hydrogens (tertiary/aromatic N) is 2. The molecule has 2 heterocycles.